The molecule has 1 N–H and O–H groups in total. The molecular formula is C11H9ClN4O. The van der Waals surface area contributed by atoms with Crippen LogP contribution in [0.15, 0.2) is 30.7 Å². The quantitative estimate of drug-likeness (QED) is 0.884. The Hall–Kier alpha value is -2.01. The van der Waals surface area contributed by atoms with Crippen LogP contribution >= 0.6 is 11.6 Å². The monoisotopic (exact) mass is 248 g/mol. The second-order valence-corrected chi connectivity index (χ2v) is 3.80. The van der Waals surface area contributed by atoms with Gasteiger partial charge in [-0.15, -0.1) is 0 Å². The van der Waals surface area contributed by atoms with E-state index in [0.717, 1.165) is 5.69 Å². The summed E-state index contributed by atoms with van der Waals surface area (Å²) in [6.07, 6.45) is 4.41. The molecule has 0 aromatic carbocycles. The first-order valence-corrected chi connectivity index (χ1v) is 5.24. The standard InChI is InChI=1S/C11H9ClN4O/c1-7-4-14-9(6-13-7)11(17)16-10-3-2-8(12)5-15-10/h2-6H,1H3,(H,15,16,17). The number of aryl methyl sites for hydroxylation is 1. The number of nitrogens with one attached hydrogen (secondary N) is 1. The molecule has 2 rings (SSSR count). The maximum atomic E-state index is 11.7. The van der Waals surface area contributed by atoms with Crippen molar-refractivity contribution in [2.75, 3.05) is 5.32 Å². The number of carbonyl (C=O) groups excluding carboxylic acids is 1. The minimum absolute atomic E-state index is 0.243. The summed E-state index contributed by atoms with van der Waals surface area (Å²) in [5.41, 5.74) is 0.999. The molecule has 0 atom stereocenters. The summed E-state index contributed by atoms with van der Waals surface area (Å²) in [7, 11) is 0. The third-order valence-electron chi connectivity index (χ3n) is 1.98. The molecule has 86 valence electrons. The van der Waals surface area contributed by atoms with Crippen LogP contribution in [0.25, 0.3) is 0 Å². The molecule has 0 saturated carbocycles. The SMILES string of the molecule is Cc1cnc(C(=O)Nc2ccc(Cl)cn2)cn1. The molecule has 5 nitrogen and oxygen atoms in total. The van der Waals surface area contributed by atoms with Gasteiger partial charge in [-0.25, -0.2) is 9.97 Å². The number of rotatable bonds is 2. The molecule has 0 spiro atoms. The molecule has 2 heterocycles. The van der Waals surface area contributed by atoms with Crippen LogP contribution in [0.5, 0.6) is 0 Å². The highest BCUT2D eigenvalue weighted by Crippen LogP contribution is 2.10. The summed E-state index contributed by atoms with van der Waals surface area (Å²) in [5, 5.41) is 3.11. The van der Waals surface area contributed by atoms with Crippen molar-refractivity contribution in [1.82, 2.24) is 15.0 Å². The van der Waals surface area contributed by atoms with Gasteiger partial charge in [-0.1, -0.05) is 11.6 Å². The summed E-state index contributed by atoms with van der Waals surface area (Å²) in [5.74, 6) is 0.0640. The molecule has 6 heteroatoms. The number of amides is 1. The molecule has 0 saturated heterocycles. The van der Waals surface area contributed by atoms with E-state index in [2.05, 4.69) is 20.3 Å². The number of pyridine rings is 1. The van der Waals surface area contributed by atoms with Crippen LogP contribution in [-0.4, -0.2) is 20.9 Å². The lowest BCUT2D eigenvalue weighted by Gasteiger charge is -2.03. The second kappa shape index (κ2) is 4.88. The summed E-state index contributed by atoms with van der Waals surface area (Å²) in [6, 6.07) is 3.26. The zero-order chi connectivity index (χ0) is 12.3. The Bertz CT molecular complexity index is 524. The van der Waals surface area contributed by atoms with Gasteiger partial charge >= 0.3 is 0 Å². The van der Waals surface area contributed by atoms with Gasteiger partial charge in [-0.2, -0.15) is 0 Å². The first-order valence-electron chi connectivity index (χ1n) is 4.87. The van der Waals surface area contributed by atoms with Crippen LogP contribution in [0, 0.1) is 6.92 Å². The van der Waals surface area contributed by atoms with Gasteiger partial charge in [-0.3, -0.25) is 9.78 Å². The normalized spacial score (nSPS) is 10.0. The highest BCUT2D eigenvalue weighted by molar-refractivity contribution is 6.30. The molecule has 0 radical (unpaired) electrons. The third kappa shape index (κ3) is 2.98. The van der Waals surface area contributed by atoms with E-state index in [-0.39, 0.29) is 11.6 Å². The minimum atomic E-state index is -0.354. The van der Waals surface area contributed by atoms with E-state index in [9.17, 15) is 4.79 Å². The Balaban J connectivity index is 2.11. The molecule has 0 unspecified atom stereocenters. The van der Waals surface area contributed by atoms with E-state index < -0.39 is 0 Å². The second-order valence-electron chi connectivity index (χ2n) is 3.36. The van der Waals surface area contributed by atoms with Crippen LogP contribution in [0.1, 0.15) is 16.2 Å². The molecule has 1 amide bonds. The molecule has 0 fully saturated rings. The third-order valence-corrected chi connectivity index (χ3v) is 2.21. The maximum Gasteiger partial charge on any atom is 0.277 e. The first kappa shape index (κ1) is 11.5. The summed E-state index contributed by atoms with van der Waals surface area (Å²) >= 11 is 5.69. The highest BCUT2D eigenvalue weighted by atomic mass is 35.5. The fraction of sp³-hybridized carbons (Fsp3) is 0.0909. The molecule has 0 bridgehead atoms. The number of aromatic nitrogens is 3. The van der Waals surface area contributed by atoms with E-state index in [1.165, 1.54) is 18.6 Å². The van der Waals surface area contributed by atoms with E-state index >= 15 is 0 Å². The van der Waals surface area contributed by atoms with Crippen molar-refractivity contribution in [2.45, 2.75) is 6.92 Å². The lowest BCUT2D eigenvalue weighted by Crippen LogP contribution is -2.14. The topological polar surface area (TPSA) is 67.8 Å². The largest absolute Gasteiger partial charge is 0.305 e. The molecule has 17 heavy (non-hydrogen) atoms. The van der Waals surface area contributed by atoms with Gasteiger partial charge in [0.25, 0.3) is 5.91 Å². The molecule has 0 aliphatic carbocycles. The van der Waals surface area contributed by atoms with Crippen molar-refractivity contribution in [1.29, 1.82) is 0 Å². The van der Waals surface area contributed by atoms with E-state index in [1.54, 1.807) is 19.1 Å². The zero-order valence-corrected chi connectivity index (χ0v) is 9.77. The van der Waals surface area contributed by atoms with Crippen molar-refractivity contribution >= 4 is 23.3 Å². The minimum Gasteiger partial charge on any atom is -0.305 e. The Morgan fingerprint density at radius 2 is 2.00 bits per heavy atom. The lowest BCUT2D eigenvalue weighted by atomic mass is 10.4. The maximum absolute atomic E-state index is 11.7. The summed E-state index contributed by atoms with van der Waals surface area (Å²) in [6.45, 7) is 1.80. The van der Waals surface area contributed by atoms with Crippen LogP contribution in [0.2, 0.25) is 5.02 Å². The molecule has 2 aromatic heterocycles. The average molecular weight is 249 g/mol. The van der Waals surface area contributed by atoms with Crippen LogP contribution < -0.4 is 5.32 Å². The van der Waals surface area contributed by atoms with Gasteiger partial charge in [0, 0.05) is 12.4 Å². The van der Waals surface area contributed by atoms with Crippen LogP contribution in [0.3, 0.4) is 0 Å². The Morgan fingerprint density at radius 3 is 2.59 bits per heavy atom. The molecular weight excluding hydrogens is 240 g/mol. The van der Waals surface area contributed by atoms with Gasteiger partial charge in [0.1, 0.15) is 11.5 Å². The Labute approximate surface area is 103 Å². The molecule has 0 aliphatic rings. The van der Waals surface area contributed by atoms with Gasteiger partial charge in [0.2, 0.25) is 0 Å². The molecule has 2 aromatic rings. The van der Waals surface area contributed by atoms with E-state index in [4.69, 9.17) is 11.6 Å². The highest BCUT2D eigenvalue weighted by Gasteiger charge is 2.08. The zero-order valence-electron chi connectivity index (χ0n) is 9.01. The van der Waals surface area contributed by atoms with Gasteiger partial charge in [0.05, 0.1) is 16.9 Å². The number of halogens is 1. The Kier molecular flexibility index (Phi) is 3.30. The van der Waals surface area contributed by atoms with Crippen molar-refractivity contribution in [3.8, 4) is 0 Å². The number of anilines is 1. The van der Waals surface area contributed by atoms with Crippen molar-refractivity contribution in [3.63, 3.8) is 0 Å². The van der Waals surface area contributed by atoms with E-state index in [1.807, 2.05) is 0 Å². The average Bonchev–Trinajstić information content (AvgIpc) is 2.33. The first-order chi connectivity index (χ1) is 8.15. The summed E-state index contributed by atoms with van der Waals surface area (Å²) < 4.78 is 0. The van der Waals surface area contributed by atoms with Gasteiger partial charge in [-0.05, 0) is 19.1 Å². The fourth-order valence-corrected chi connectivity index (χ4v) is 1.25. The van der Waals surface area contributed by atoms with Crippen molar-refractivity contribution < 1.29 is 4.79 Å². The van der Waals surface area contributed by atoms with Crippen LogP contribution in [0.4, 0.5) is 5.82 Å². The predicted molar refractivity (Wildman–Crippen MR) is 64.0 cm³/mol. The fourth-order valence-electron chi connectivity index (χ4n) is 1.14. The van der Waals surface area contributed by atoms with Gasteiger partial charge < -0.3 is 5.32 Å². The predicted octanol–water partition coefficient (Wildman–Crippen LogP) is 2.09. The summed E-state index contributed by atoms with van der Waals surface area (Å²) in [4.78, 5) is 23.6. The number of hydrogen-bond donors (Lipinski definition) is 1. The van der Waals surface area contributed by atoms with E-state index in [0.29, 0.717) is 10.8 Å². The Morgan fingerprint density at radius 1 is 1.18 bits per heavy atom. The smallest absolute Gasteiger partial charge is 0.277 e. The van der Waals surface area contributed by atoms with Crippen LogP contribution in [-0.2, 0) is 0 Å². The number of hydrogen-bond acceptors (Lipinski definition) is 4. The van der Waals surface area contributed by atoms with Gasteiger partial charge in [0.15, 0.2) is 0 Å². The molecule has 0 aliphatic heterocycles. The number of nitrogens with zero attached hydrogens (tertiary/aromatic N) is 3. The van der Waals surface area contributed by atoms with Crippen molar-refractivity contribution in [2.24, 2.45) is 0 Å². The lowest BCUT2D eigenvalue weighted by molar-refractivity contribution is 0.102. The van der Waals surface area contributed by atoms with Crippen molar-refractivity contribution in [3.05, 3.63) is 47.1 Å². The number of carbonyl (C=O) groups is 1.